The summed E-state index contributed by atoms with van der Waals surface area (Å²) in [5.41, 5.74) is 7.34. The molecule has 2 aliphatic rings. The van der Waals surface area contributed by atoms with Crippen LogP contribution in [0.5, 0.6) is 17.2 Å². The molecule has 0 spiro atoms. The van der Waals surface area contributed by atoms with E-state index in [1.165, 1.54) is 0 Å². The van der Waals surface area contributed by atoms with Crippen molar-refractivity contribution >= 4 is 0 Å². The molecule has 1 atom stereocenters. The van der Waals surface area contributed by atoms with Gasteiger partial charge in [0, 0.05) is 23.1 Å². The van der Waals surface area contributed by atoms with Crippen LogP contribution in [0.4, 0.5) is 0 Å². The minimum Gasteiger partial charge on any atom is -0.497 e. The van der Waals surface area contributed by atoms with Crippen molar-refractivity contribution in [3.05, 3.63) is 17.7 Å². The highest BCUT2D eigenvalue weighted by atomic mass is 16.6. The van der Waals surface area contributed by atoms with Crippen molar-refractivity contribution in [1.29, 1.82) is 0 Å². The molecule has 1 aromatic rings. The number of fused-ring (bicyclic) bond motifs is 1. The molecular weight excluding hydrogens is 230 g/mol. The second kappa shape index (κ2) is 4.05. The molecule has 0 aromatic heterocycles. The van der Waals surface area contributed by atoms with E-state index in [4.69, 9.17) is 19.9 Å². The molecule has 1 unspecified atom stereocenters. The minimum atomic E-state index is 0.0410. The maximum atomic E-state index is 6.15. The van der Waals surface area contributed by atoms with Gasteiger partial charge in [-0.2, -0.15) is 0 Å². The molecule has 1 aliphatic carbocycles. The van der Waals surface area contributed by atoms with Crippen LogP contribution in [-0.4, -0.2) is 26.4 Å². The summed E-state index contributed by atoms with van der Waals surface area (Å²) in [4.78, 5) is 0. The SMILES string of the molecule is COc1cc2c(c(C3(C(C)N)CC3)c1)OCCO2. The van der Waals surface area contributed by atoms with Gasteiger partial charge < -0.3 is 19.9 Å². The van der Waals surface area contributed by atoms with Crippen molar-refractivity contribution in [2.24, 2.45) is 5.73 Å². The zero-order chi connectivity index (χ0) is 12.8. The van der Waals surface area contributed by atoms with Gasteiger partial charge in [0.05, 0.1) is 7.11 Å². The van der Waals surface area contributed by atoms with Gasteiger partial charge in [-0.1, -0.05) is 0 Å². The monoisotopic (exact) mass is 249 g/mol. The zero-order valence-corrected chi connectivity index (χ0v) is 10.9. The maximum absolute atomic E-state index is 6.15. The summed E-state index contributed by atoms with van der Waals surface area (Å²) in [6.45, 7) is 3.24. The molecule has 2 N–H and O–H groups in total. The first-order valence-electron chi connectivity index (χ1n) is 6.41. The molecule has 1 fully saturated rings. The largest absolute Gasteiger partial charge is 0.497 e. The first-order valence-corrected chi connectivity index (χ1v) is 6.41. The number of hydrogen-bond donors (Lipinski definition) is 1. The first-order chi connectivity index (χ1) is 8.67. The van der Waals surface area contributed by atoms with Crippen molar-refractivity contribution in [3.8, 4) is 17.2 Å². The van der Waals surface area contributed by atoms with Crippen molar-refractivity contribution in [2.45, 2.75) is 31.2 Å². The van der Waals surface area contributed by atoms with Crippen LogP contribution in [0.2, 0.25) is 0 Å². The first kappa shape index (κ1) is 11.7. The predicted molar refractivity (Wildman–Crippen MR) is 68.5 cm³/mol. The minimum absolute atomic E-state index is 0.0410. The van der Waals surface area contributed by atoms with Gasteiger partial charge in [0.2, 0.25) is 0 Å². The van der Waals surface area contributed by atoms with Crippen LogP contribution in [0, 0.1) is 0 Å². The maximum Gasteiger partial charge on any atom is 0.165 e. The summed E-state index contributed by atoms with van der Waals surface area (Å²) < 4.78 is 16.8. The lowest BCUT2D eigenvalue weighted by Gasteiger charge is -2.27. The molecule has 0 saturated heterocycles. The van der Waals surface area contributed by atoms with Crippen molar-refractivity contribution < 1.29 is 14.2 Å². The molecule has 1 saturated carbocycles. The molecule has 0 radical (unpaired) electrons. The summed E-state index contributed by atoms with van der Waals surface area (Å²) in [6, 6.07) is 4.04. The lowest BCUT2D eigenvalue weighted by Crippen LogP contribution is -2.32. The van der Waals surface area contributed by atoms with Crippen LogP contribution in [0.3, 0.4) is 0 Å². The van der Waals surface area contributed by atoms with E-state index in [0.29, 0.717) is 13.2 Å². The quantitative estimate of drug-likeness (QED) is 0.888. The summed E-state index contributed by atoms with van der Waals surface area (Å²) in [6.07, 6.45) is 2.21. The van der Waals surface area contributed by atoms with Gasteiger partial charge in [0.25, 0.3) is 0 Å². The fraction of sp³-hybridized carbons (Fsp3) is 0.571. The molecule has 0 bridgehead atoms. The number of hydrogen-bond acceptors (Lipinski definition) is 4. The Bertz CT molecular complexity index is 466. The Labute approximate surface area is 107 Å². The number of ether oxygens (including phenoxy) is 3. The molecule has 1 aromatic carbocycles. The van der Waals surface area contributed by atoms with Crippen molar-refractivity contribution in [1.82, 2.24) is 0 Å². The van der Waals surface area contributed by atoms with Gasteiger partial charge in [0.1, 0.15) is 19.0 Å². The van der Waals surface area contributed by atoms with E-state index in [-0.39, 0.29) is 11.5 Å². The standard InChI is InChI=1S/C14H19NO3/c1-9(15)14(3-4-14)11-7-10(16-2)8-12-13(11)18-6-5-17-12/h7-9H,3-6,15H2,1-2H3. The highest BCUT2D eigenvalue weighted by Gasteiger charge is 2.50. The Hall–Kier alpha value is -1.42. The average molecular weight is 249 g/mol. The van der Waals surface area contributed by atoms with Crippen molar-refractivity contribution in [3.63, 3.8) is 0 Å². The van der Waals surface area contributed by atoms with Crippen LogP contribution in [0.15, 0.2) is 12.1 Å². The summed E-state index contributed by atoms with van der Waals surface area (Å²) in [5.74, 6) is 2.44. The normalized spacial score (nSPS) is 21.3. The molecule has 18 heavy (non-hydrogen) atoms. The third-order valence-electron chi connectivity index (χ3n) is 4.05. The Morgan fingerprint density at radius 1 is 1.28 bits per heavy atom. The zero-order valence-electron chi connectivity index (χ0n) is 10.9. The molecule has 3 rings (SSSR count). The van der Waals surface area contributed by atoms with E-state index in [0.717, 1.165) is 35.7 Å². The fourth-order valence-corrected chi connectivity index (χ4v) is 2.72. The van der Waals surface area contributed by atoms with Crippen LogP contribution in [0.25, 0.3) is 0 Å². The smallest absolute Gasteiger partial charge is 0.165 e. The van der Waals surface area contributed by atoms with E-state index in [1.807, 2.05) is 12.1 Å². The van der Waals surface area contributed by atoms with E-state index < -0.39 is 0 Å². The Kier molecular flexibility index (Phi) is 2.63. The second-order valence-corrected chi connectivity index (χ2v) is 5.14. The van der Waals surface area contributed by atoms with E-state index in [9.17, 15) is 0 Å². The van der Waals surface area contributed by atoms with E-state index in [1.54, 1.807) is 7.11 Å². The molecule has 4 nitrogen and oxygen atoms in total. The number of benzene rings is 1. The number of rotatable bonds is 3. The Morgan fingerprint density at radius 3 is 2.61 bits per heavy atom. The lowest BCUT2D eigenvalue weighted by molar-refractivity contribution is 0.167. The molecular formula is C14H19NO3. The van der Waals surface area contributed by atoms with Crippen LogP contribution in [-0.2, 0) is 5.41 Å². The average Bonchev–Trinajstić information content (AvgIpc) is 3.19. The number of nitrogens with two attached hydrogens (primary N) is 1. The van der Waals surface area contributed by atoms with Crippen molar-refractivity contribution in [2.75, 3.05) is 20.3 Å². The molecule has 4 heteroatoms. The molecule has 1 heterocycles. The van der Waals surface area contributed by atoms with Crippen LogP contribution >= 0.6 is 0 Å². The van der Waals surface area contributed by atoms with E-state index in [2.05, 4.69) is 6.92 Å². The van der Waals surface area contributed by atoms with Gasteiger partial charge >= 0.3 is 0 Å². The Morgan fingerprint density at radius 2 is 2.00 bits per heavy atom. The van der Waals surface area contributed by atoms with Gasteiger partial charge in [-0.3, -0.25) is 0 Å². The topological polar surface area (TPSA) is 53.7 Å². The third-order valence-corrected chi connectivity index (χ3v) is 4.05. The molecule has 1 aliphatic heterocycles. The van der Waals surface area contributed by atoms with E-state index >= 15 is 0 Å². The Balaban J connectivity index is 2.12. The van der Waals surface area contributed by atoms with Gasteiger partial charge in [0.15, 0.2) is 11.5 Å². The van der Waals surface area contributed by atoms with Crippen LogP contribution < -0.4 is 19.9 Å². The summed E-state index contributed by atoms with van der Waals surface area (Å²) in [5, 5.41) is 0. The van der Waals surface area contributed by atoms with Gasteiger partial charge in [-0.05, 0) is 25.8 Å². The molecule has 0 amide bonds. The van der Waals surface area contributed by atoms with Gasteiger partial charge in [-0.25, -0.2) is 0 Å². The predicted octanol–water partition coefficient (Wildman–Crippen LogP) is 1.85. The molecule has 98 valence electrons. The fourth-order valence-electron chi connectivity index (χ4n) is 2.72. The number of methoxy groups -OCH3 is 1. The summed E-state index contributed by atoms with van der Waals surface area (Å²) in [7, 11) is 1.67. The highest BCUT2D eigenvalue weighted by molar-refractivity contribution is 5.57. The summed E-state index contributed by atoms with van der Waals surface area (Å²) >= 11 is 0. The highest BCUT2D eigenvalue weighted by Crippen LogP contribution is 2.56. The van der Waals surface area contributed by atoms with Crippen LogP contribution in [0.1, 0.15) is 25.3 Å². The van der Waals surface area contributed by atoms with Gasteiger partial charge in [-0.15, -0.1) is 0 Å². The second-order valence-electron chi connectivity index (χ2n) is 5.14. The third kappa shape index (κ3) is 1.63. The lowest BCUT2D eigenvalue weighted by atomic mass is 9.88.